The molecule has 0 bridgehead atoms. The van der Waals surface area contributed by atoms with E-state index in [4.69, 9.17) is 4.74 Å². The van der Waals surface area contributed by atoms with E-state index in [1.54, 1.807) is 35.6 Å². The van der Waals surface area contributed by atoms with Crippen molar-refractivity contribution in [2.24, 2.45) is 0 Å². The minimum atomic E-state index is -3.49. The van der Waals surface area contributed by atoms with E-state index in [0.29, 0.717) is 11.4 Å². The van der Waals surface area contributed by atoms with Crippen LogP contribution < -0.4 is 9.46 Å². The Morgan fingerprint density at radius 2 is 1.92 bits per heavy atom. The highest BCUT2D eigenvalue weighted by Crippen LogP contribution is 2.24. The van der Waals surface area contributed by atoms with Gasteiger partial charge in [-0.2, -0.15) is 0 Å². The van der Waals surface area contributed by atoms with E-state index in [9.17, 15) is 8.42 Å². The van der Waals surface area contributed by atoms with E-state index < -0.39 is 10.0 Å². The predicted octanol–water partition coefficient (Wildman–Crippen LogP) is 3.94. The second kappa shape index (κ2) is 7.67. The molecule has 7 heteroatoms. The highest BCUT2D eigenvalue weighted by Gasteiger charge is 2.12. The fourth-order valence-corrected chi connectivity index (χ4v) is 3.77. The van der Waals surface area contributed by atoms with Gasteiger partial charge in [0.15, 0.2) is 0 Å². The topological polar surface area (TPSA) is 68.3 Å². The molecule has 0 unspecified atom stereocenters. The van der Waals surface area contributed by atoms with Crippen LogP contribution in [-0.4, -0.2) is 25.8 Å². The number of thiazole rings is 1. The van der Waals surface area contributed by atoms with E-state index >= 15 is 0 Å². The Balaban J connectivity index is 1.62. The van der Waals surface area contributed by atoms with Gasteiger partial charge in [0.25, 0.3) is 0 Å². The molecule has 1 N–H and O–H groups in total. The smallest absolute Gasteiger partial charge is 0.236 e. The summed E-state index contributed by atoms with van der Waals surface area (Å²) in [7, 11) is -3.49. The number of rotatable bonds is 7. The number of benzene rings is 2. The summed E-state index contributed by atoms with van der Waals surface area (Å²) in [5, 5.41) is 2.93. The van der Waals surface area contributed by atoms with Crippen LogP contribution in [0.25, 0.3) is 11.3 Å². The maximum absolute atomic E-state index is 12.2. The van der Waals surface area contributed by atoms with Gasteiger partial charge in [-0.3, -0.25) is 4.72 Å². The molecule has 5 nitrogen and oxygen atoms in total. The standard InChI is InChI=1S/C18H18N2O3S2/c1-14-19-18(13-24-14)15-6-5-7-16(12-15)20-25(21,22)11-10-23-17-8-3-2-4-9-17/h2-9,12-13,20H,10-11H2,1H3. The van der Waals surface area contributed by atoms with E-state index in [0.717, 1.165) is 16.3 Å². The van der Waals surface area contributed by atoms with Gasteiger partial charge in [-0.05, 0) is 31.2 Å². The Morgan fingerprint density at radius 3 is 2.64 bits per heavy atom. The highest BCUT2D eigenvalue weighted by molar-refractivity contribution is 7.92. The maximum Gasteiger partial charge on any atom is 0.236 e. The van der Waals surface area contributed by atoms with E-state index in [1.807, 2.05) is 42.6 Å². The summed E-state index contributed by atoms with van der Waals surface area (Å²) in [4.78, 5) is 4.42. The molecule has 25 heavy (non-hydrogen) atoms. The third-order valence-corrected chi connectivity index (χ3v) is 5.44. The number of sulfonamides is 1. The van der Waals surface area contributed by atoms with Gasteiger partial charge >= 0.3 is 0 Å². The molecule has 1 heterocycles. The van der Waals surface area contributed by atoms with Crippen molar-refractivity contribution in [1.29, 1.82) is 0 Å². The molecule has 1 aromatic heterocycles. The molecule has 0 aliphatic rings. The monoisotopic (exact) mass is 374 g/mol. The Bertz CT molecular complexity index is 938. The Morgan fingerprint density at radius 1 is 1.12 bits per heavy atom. The third kappa shape index (κ3) is 5.04. The summed E-state index contributed by atoms with van der Waals surface area (Å²) >= 11 is 1.56. The first kappa shape index (κ1) is 17.4. The zero-order valence-electron chi connectivity index (χ0n) is 13.7. The number of ether oxygens (including phenoxy) is 1. The summed E-state index contributed by atoms with van der Waals surface area (Å²) in [5.41, 5.74) is 2.24. The average molecular weight is 374 g/mol. The van der Waals surface area contributed by atoms with Gasteiger partial charge in [0.1, 0.15) is 18.1 Å². The Hall–Kier alpha value is -2.38. The molecule has 0 saturated carbocycles. The molecule has 3 rings (SSSR count). The van der Waals surface area contributed by atoms with Crippen LogP contribution in [0.2, 0.25) is 0 Å². The SMILES string of the molecule is Cc1nc(-c2cccc(NS(=O)(=O)CCOc3ccccc3)c2)cs1. The maximum atomic E-state index is 12.2. The number of nitrogens with zero attached hydrogens (tertiary/aromatic N) is 1. The average Bonchev–Trinajstić information content (AvgIpc) is 3.02. The van der Waals surface area contributed by atoms with Crippen molar-refractivity contribution < 1.29 is 13.2 Å². The molecule has 0 aliphatic heterocycles. The van der Waals surface area contributed by atoms with Gasteiger partial charge in [0.05, 0.1) is 10.7 Å². The van der Waals surface area contributed by atoms with Crippen LogP contribution in [-0.2, 0) is 10.0 Å². The zero-order chi connectivity index (χ0) is 17.7. The largest absolute Gasteiger partial charge is 0.492 e. The molecular formula is C18H18N2O3S2. The molecule has 0 spiro atoms. The lowest BCUT2D eigenvalue weighted by Crippen LogP contribution is -2.21. The van der Waals surface area contributed by atoms with Crippen LogP contribution in [0.5, 0.6) is 5.75 Å². The van der Waals surface area contributed by atoms with Crippen LogP contribution in [0.15, 0.2) is 60.0 Å². The number of hydrogen-bond donors (Lipinski definition) is 1. The second-order valence-corrected chi connectivity index (χ2v) is 8.32. The summed E-state index contributed by atoms with van der Waals surface area (Å²) in [6.45, 7) is 2.03. The van der Waals surface area contributed by atoms with E-state index in [-0.39, 0.29) is 12.4 Å². The van der Waals surface area contributed by atoms with Crippen LogP contribution in [0, 0.1) is 6.92 Å². The zero-order valence-corrected chi connectivity index (χ0v) is 15.3. The number of anilines is 1. The fraction of sp³-hybridized carbons (Fsp3) is 0.167. The molecule has 0 radical (unpaired) electrons. The second-order valence-electron chi connectivity index (χ2n) is 5.42. The van der Waals surface area contributed by atoms with Crippen molar-refractivity contribution in [3.05, 3.63) is 65.0 Å². The van der Waals surface area contributed by atoms with Gasteiger partial charge in [0, 0.05) is 16.6 Å². The van der Waals surface area contributed by atoms with Gasteiger partial charge in [-0.15, -0.1) is 11.3 Å². The van der Waals surface area contributed by atoms with Crippen LogP contribution in [0.3, 0.4) is 0 Å². The van der Waals surface area contributed by atoms with Crippen LogP contribution >= 0.6 is 11.3 Å². The number of nitrogens with one attached hydrogen (secondary N) is 1. The van der Waals surface area contributed by atoms with E-state index in [1.165, 1.54) is 0 Å². The summed E-state index contributed by atoms with van der Waals surface area (Å²) in [6, 6.07) is 16.4. The molecule has 0 saturated heterocycles. The molecule has 0 amide bonds. The van der Waals surface area contributed by atoms with Crippen LogP contribution in [0.4, 0.5) is 5.69 Å². The first-order valence-electron chi connectivity index (χ1n) is 7.73. The molecule has 0 fully saturated rings. The van der Waals surface area contributed by atoms with Crippen molar-refractivity contribution in [3.8, 4) is 17.0 Å². The van der Waals surface area contributed by atoms with Crippen molar-refractivity contribution >= 4 is 27.0 Å². The predicted molar refractivity (Wildman–Crippen MR) is 102 cm³/mol. The first-order chi connectivity index (χ1) is 12.0. The number of aromatic nitrogens is 1. The number of aryl methyl sites for hydroxylation is 1. The number of para-hydroxylation sites is 1. The molecule has 3 aromatic rings. The quantitative estimate of drug-likeness (QED) is 0.680. The minimum Gasteiger partial charge on any atom is -0.492 e. The Kier molecular flexibility index (Phi) is 5.35. The number of hydrogen-bond acceptors (Lipinski definition) is 5. The third-order valence-electron chi connectivity index (χ3n) is 3.41. The van der Waals surface area contributed by atoms with Gasteiger partial charge in [-0.1, -0.05) is 30.3 Å². The van der Waals surface area contributed by atoms with Crippen molar-refractivity contribution in [2.75, 3.05) is 17.1 Å². The molecular weight excluding hydrogens is 356 g/mol. The van der Waals surface area contributed by atoms with Gasteiger partial charge in [0.2, 0.25) is 10.0 Å². The normalized spacial score (nSPS) is 11.2. The van der Waals surface area contributed by atoms with Crippen molar-refractivity contribution in [3.63, 3.8) is 0 Å². The van der Waals surface area contributed by atoms with Crippen molar-refractivity contribution in [2.45, 2.75) is 6.92 Å². The lowest BCUT2D eigenvalue weighted by Gasteiger charge is -2.10. The molecule has 0 aliphatic carbocycles. The Labute approximate surface area is 151 Å². The van der Waals surface area contributed by atoms with Crippen molar-refractivity contribution in [1.82, 2.24) is 4.98 Å². The summed E-state index contributed by atoms with van der Waals surface area (Å²) in [6.07, 6.45) is 0. The van der Waals surface area contributed by atoms with Gasteiger partial charge < -0.3 is 4.74 Å². The summed E-state index contributed by atoms with van der Waals surface area (Å²) in [5.74, 6) is 0.528. The fourth-order valence-electron chi connectivity index (χ4n) is 2.25. The highest BCUT2D eigenvalue weighted by atomic mass is 32.2. The van der Waals surface area contributed by atoms with Gasteiger partial charge in [-0.25, -0.2) is 13.4 Å². The molecule has 0 atom stereocenters. The molecule has 2 aromatic carbocycles. The summed E-state index contributed by atoms with van der Waals surface area (Å²) < 4.78 is 32.5. The first-order valence-corrected chi connectivity index (χ1v) is 10.3. The lowest BCUT2D eigenvalue weighted by molar-refractivity contribution is 0.341. The minimum absolute atomic E-state index is 0.0876. The van der Waals surface area contributed by atoms with E-state index in [2.05, 4.69) is 9.71 Å². The molecule has 130 valence electrons. The lowest BCUT2D eigenvalue weighted by atomic mass is 10.1. The van der Waals surface area contributed by atoms with Crippen LogP contribution in [0.1, 0.15) is 5.01 Å².